The number of imide groups is 2. The van der Waals surface area contributed by atoms with Crippen LogP contribution >= 0.6 is 0 Å². The van der Waals surface area contributed by atoms with E-state index in [1.807, 2.05) is 13.8 Å². The van der Waals surface area contributed by atoms with Crippen LogP contribution in [0, 0.1) is 11.7 Å². The van der Waals surface area contributed by atoms with Crippen LogP contribution in [0.2, 0.25) is 0 Å². The van der Waals surface area contributed by atoms with Gasteiger partial charge in [0.2, 0.25) is 0 Å². The van der Waals surface area contributed by atoms with Gasteiger partial charge in [-0.3, -0.25) is 19.4 Å². The Balaban J connectivity index is 1.92. The normalized spacial score (nSPS) is 15.2. The number of hydrogen-bond acceptors (Lipinski definition) is 4. The van der Waals surface area contributed by atoms with Crippen molar-refractivity contribution in [3.63, 3.8) is 0 Å². The minimum Gasteiger partial charge on any atom is -0.492 e. The molecule has 7 heteroatoms. The lowest BCUT2D eigenvalue weighted by molar-refractivity contribution is -0.143. The van der Waals surface area contributed by atoms with Gasteiger partial charge in [-0.1, -0.05) is 13.8 Å². The summed E-state index contributed by atoms with van der Waals surface area (Å²) in [4.78, 5) is 37.4. The zero-order valence-electron chi connectivity index (χ0n) is 12.4. The van der Waals surface area contributed by atoms with Crippen LogP contribution in [0.3, 0.4) is 0 Å². The SMILES string of the molecule is CC(C)CN1C(=O)C(=O)N(CCOc2ccc(F)cc2)C1=O. The molecule has 1 aliphatic heterocycles. The first-order valence-corrected chi connectivity index (χ1v) is 6.96. The summed E-state index contributed by atoms with van der Waals surface area (Å²) in [7, 11) is 0. The minimum atomic E-state index is -0.839. The first-order chi connectivity index (χ1) is 10.4. The van der Waals surface area contributed by atoms with Gasteiger partial charge in [0.25, 0.3) is 0 Å². The van der Waals surface area contributed by atoms with Crippen LogP contribution in [0.5, 0.6) is 5.75 Å². The average Bonchev–Trinajstić information content (AvgIpc) is 2.66. The summed E-state index contributed by atoms with van der Waals surface area (Å²) in [6, 6.07) is 4.76. The van der Waals surface area contributed by atoms with E-state index in [0.717, 1.165) is 9.80 Å². The van der Waals surface area contributed by atoms with Gasteiger partial charge in [0.15, 0.2) is 0 Å². The Morgan fingerprint density at radius 2 is 1.64 bits per heavy atom. The highest BCUT2D eigenvalue weighted by Crippen LogP contribution is 2.15. The van der Waals surface area contributed by atoms with Gasteiger partial charge in [-0.15, -0.1) is 0 Å². The summed E-state index contributed by atoms with van der Waals surface area (Å²) in [5, 5.41) is 0. The van der Waals surface area contributed by atoms with E-state index in [0.29, 0.717) is 5.75 Å². The first kappa shape index (κ1) is 15.9. The molecule has 1 aromatic rings. The zero-order valence-corrected chi connectivity index (χ0v) is 12.4. The Kier molecular flexibility index (Phi) is 4.75. The van der Waals surface area contributed by atoms with Crippen LogP contribution in [-0.4, -0.2) is 47.3 Å². The Morgan fingerprint density at radius 3 is 2.23 bits per heavy atom. The van der Waals surface area contributed by atoms with Crippen molar-refractivity contribution in [3.05, 3.63) is 30.1 Å². The van der Waals surface area contributed by atoms with Crippen LogP contribution in [0.1, 0.15) is 13.8 Å². The van der Waals surface area contributed by atoms with Crippen LogP contribution in [0.4, 0.5) is 9.18 Å². The molecule has 22 heavy (non-hydrogen) atoms. The number of halogens is 1. The highest BCUT2D eigenvalue weighted by molar-refractivity contribution is 6.44. The number of carbonyl (C=O) groups excluding carboxylic acids is 3. The Bertz CT molecular complexity index is 586. The van der Waals surface area contributed by atoms with Crippen molar-refractivity contribution in [1.82, 2.24) is 9.80 Å². The van der Waals surface area contributed by atoms with Crippen LogP contribution in [0.15, 0.2) is 24.3 Å². The van der Waals surface area contributed by atoms with E-state index in [9.17, 15) is 18.8 Å². The van der Waals surface area contributed by atoms with E-state index in [-0.39, 0.29) is 31.4 Å². The predicted octanol–water partition coefficient (Wildman–Crippen LogP) is 1.65. The molecular formula is C15H17FN2O4. The van der Waals surface area contributed by atoms with E-state index in [1.165, 1.54) is 24.3 Å². The van der Waals surface area contributed by atoms with Crippen LogP contribution < -0.4 is 4.74 Å². The highest BCUT2D eigenvalue weighted by atomic mass is 19.1. The molecule has 6 nitrogen and oxygen atoms in total. The van der Waals surface area contributed by atoms with Gasteiger partial charge < -0.3 is 4.74 Å². The monoisotopic (exact) mass is 308 g/mol. The lowest BCUT2D eigenvalue weighted by Gasteiger charge is -2.17. The molecule has 118 valence electrons. The number of carbonyl (C=O) groups is 3. The number of amides is 4. The van der Waals surface area contributed by atoms with Crippen LogP contribution in [-0.2, 0) is 9.59 Å². The summed E-state index contributed by atoms with van der Waals surface area (Å²) >= 11 is 0. The average molecular weight is 308 g/mol. The second kappa shape index (κ2) is 6.55. The van der Waals surface area contributed by atoms with E-state index in [2.05, 4.69) is 0 Å². The maximum atomic E-state index is 12.8. The molecule has 0 radical (unpaired) electrons. The number of benzene rings is 1. The number of ether oxygens (including phenoxy) is 1. The lowest BCUT2D eigenvalue weighted by atomic mass is 10.2. The largest absolute Gasteiger partial charge is 0.492 e. The van der Waals surface area contributed by atoms with E-state index in [1.54, 1.807) is 0 Å². The van der Waals surface area contributed by atoms with Crippen molar-refractivity contribution in [2.45, 2.75) is 13.8 Å². The number of urea groups is 1. The summed E-state index contributed by atoms with van der Waals surface area (Å²) in [6.07, 6.45) is 0. The second-order valence-electron chi connectivity index (χ2n) is 5.35. The van der Waals surface area contributed by atoms with Crippen molar-refractivity contribution >= 4 is 17.8 Å². The molecule has 0 saturated carbocycles. The minimum absolute atomic E-state index is 0.0324. The fourth-order valence-corrected chi connectivity index (χ4v) is 2.06. The summed E-state index contributed by atoms with van der Waals surface area (Å²) in [6.45, 7) is 3.91. The van der Waals surface area contributed by atoms with Gasteiger partial charge in [0.05, 0.1) is 6.54 Å². The number of nitrogens with zero attached hydrogens (tertiary/aromatic N) is 2. The van der Waals surface area contributed by atoms with Crippen LogP contribution in [0.25, 0.3) is 0 Å². The van der Waals surface area contributed by atoms with Crippen molar-refractivity contribution in [2.75, 3.05) is 19.7 Å². The Morgan fingerprint density at radius 1 is 1.05 bits per heavy atom. The maximum Gasteiger partial charge on any atom is 0.334 e. The molecule has 1 aliphatic rings. The molecule has 0 bridgehead atoms. The summed E-state index contributed by atoms with van der Waals surface area (Å²) in [5.74, 6) is -1.53. The van der Waals surface area contributed by atoms with E-state index < -0.39 is 17.8 Å². The van der Waals surface area contributed by atoms with Crippen molar-refractivity contribution < 1.29 is 23.5 Å². The topological polar surface area (TPSA) is 66.9 Å². The van der Waals surface area contributed by atoms with Crippen molar-refractivity contribution in [1.29, 1.82) is 0 Å². The Hall–Kier alpha value is -2.44. The molecule has 0 unspecified atom stereocenters. The number of rotatable bonds is 6. The maximum absolute atomic E-state index is 12.8. The van der Waals surface area contributed by atoms with Gasteiger partial charge in [0.1, 0.15) is 18.2 Å². The molecule has 0 aromatic heterocycles. The first-order valence-electron chi connectivity index (χ1n) is 6.96. The zero-order chi connectivity index (χ0) is 16.3. The second-order valence-corrected chi connectivity index (χ2v) is 5.35. The molecule has 0 aliphatic carbocycles. The molecule has 1 aromatic carbocycles. The molecule has 0 N–H and O–H groups in total. The van der Waals surface area contributed by atoms with E-state index >= 15 is 0 Å². The van der Waals surface area contributed by atoms with Crippen molar-refractivity contribution in [3.8, 4) is 5.75 Å². The van der Waals surface area contributed by atoms with Gasteiger partial charge in [-0.05, 0) is 30.2 Å². The molecule has 1 fully saturated rings. The Labute approximate surface area is 127 Å². The number of hydrogen-bond donors (Lipinski definition) is 0. The van der Waals surface area contributed by atoms with Gasteiger partial charge in [-0.2, -0.15) is 0 Å². The molecular weight excluding hydrogens is 291 g/mol. The molecule has 0 spiro atoms. The fraction of sp³-hybridized carbons (Fsp3) is 0.400. The molecule has 0 atom stereocenters. The molecule has 1 saturated heterocycles. The third kappa shape index (κ3) is 3.41. The van der Waals surface area contributed by atoms with Crippen molar-refractivity contribution in [2.24, 2.45) is 5.92 Å². The van der Waals surface area contributed by atoms with E-state index in [4.69, 9.17) is 4.74 Å². The molecule has 4 amide bonds. The van der Waals surface area contributed by atoms with Gasteiger partial charge in [-0.25, -0.2) is 9.18 Å². The summed E-state index contributed by atoms with van der Waals surface area (Å²) < 4.78 is 18.1. The standard InChI is InChI=1S/C15H17FN2O4/c1-10(2)9-18-14(20)13(19)17(15(18)21)7-8-22-12-5-3-11(16)4-6-12/h3-6,10H,7-9H2,1-2H3. The smallest absolute Gasteiger partial charge is 0.334 e. The quantitative estimate of drug-likeness (QED) is 0.592. The lowest BCUT2D eigenvalue weighted by Crippen LogP contribution is -2.37. The molecule has 2 rings (SSSR count). The van der Waals surface area contributed by atoms with Gasteiger partial charge in [0, 0.05) is 6.54 Å². The highest BCUT2D eigenvalue weighted by Gasteiger charge is 2.44. The summed E-state index contributed by atoms with van der Waals surface area (Å²) in [5.41, 5.74) is 0. The fourth-order valence-electron chi connectivity index (χ4n) is 2.06. The third-order valence-electron chi connectivity index (χ3n) is 3.08. The van der Waals surface area contributed by atoms with Gasteiger partial charge >= 0.3 is 17.8 Å². The molecule has 1 heterocycles. The predicted molar refractivity (Wildman–Crippen MR) is 75.6 cm³/mol. The third-order valence-corrected chi connectivity index (χ3v) is 3.08.